The molecule has 0 N–H and O–H groups in total. The van der Waals surface area contributed by atoms with Gasteiger partial charge < -0.3 is 24.8 Å². The first-order valence-corrected chi connectivity index (χ1v) is 13.9. The summed E-state index contributed by atoms with van der Waals surface area (Å²) in [4.78, 5) is 0. The molecule has 4 heteroatoms. The summed E-state index contributed by atoms with van der Waals surface area (Å²) < 4.78 is 1.51. The third-order valence-corrected chi connectivity index (χ3v) is 6.26. The number of fused-ring (bicyclic) bond motifs is 3. The minimum absolute atomic E-state index is 0. The average molecular weight is 507 g/mol. The van der Waals surface area contributed by atoms with E-state index in [0.717, 1.165) is 12.8 Å². The molecule has 0 aromatic heterocycles. The van der Waals surface area contributed by atoms with Crippen LogP contribution in [0.3, 0.4) is 0 Å². The smallest absolute Gasteiger partial charge is 0.0114 e. The largest absolute Gasteiger partial charge is 1.00 e. The molecule has 0 saturated heterocycles. The molecule has 0 aliphatic heterocycles. The fourth-order valence-electron chi connectivity index (χ4n) is 2.92. The molecular weight excluding hydrogens is 478 g/mol. The van der Waals surface area contributed by atoms with Crippen LogP contribution in [0.2, 0.25) is 19.6 Å². The summed E-state index contributed by atoms with van der Waals surface area (Å²) in [6.07, 6.45) is 9.74. The summed E-state index contributed by atoms with van der Waals surface area (Å²) in [6.45, 7) is 11.3. The first kappa shape index (κ1) is 27.5. The van der Waals surface area contributed by atoms with E-state index in [1.54, 1.807) is 29.4 Å². The monoisotopic (exact) mass is 504 g/mol. The fraction of sp³-hybridized carbons (Fsp3) is 0.292. The standard InChI is InChI=1S/C13H9.C8H13Si.C3H6.2ClH.Zr/c1-3-7-12-10(5-1)9-11-6-2-4-8-13(11)12;1-9(2,3)8-6-4-5-7-8;1-3-2;;;/h1-5,7-8H,9H2;6-7H,4H2,1-3H3;1-2H3;2*1H;/q2*-1;;;;+2/p-2. The molecule has 148 valence electrons. The van der Waals surface area contributed by atoms with Crippen LogP contribution in [0, 0.1) is 12.1 Å². The Labute approximate surface area is 199 Å². The Morgan fingerprint density at radius 2 is 1.57 bits per heavy atom. The molecule has 2 aromatic carbocycles. The van der Waals surface area contributed by atoms with Crippen LogP contribution in [-0.4, -0.2) is 11.3 Å². The maximum absolute atomic E-state index is 3.30. The van der Waals surface area contributed by atoms with Gasteiger partial charge in [-0.1, -0.05) is 55.0 Å². The van der Waals surface area contributed by atoms with Crippen LogP contribution in [0.1, 0.15) is 31.4 Å². The zero-order valence-corrected chi connectivity index (χ0v) is 22.3. The molecule has 0 heterocycles. The van der Waals surface area contributed by atoms with Gasteiger partial charge in [-0.15, -0.1) is 12.0 Å². The molecular formula is C24H28Cl2SiZr-2. The van der Waals surface area contributed by atoms with E-state index in [-0.39, 0.29) is 24.8 Å². The number of benzene rings is 2. The Kier molecular flexibility index (Phi) is 12.7. The van der Waals surface area contributed by atoms with E-state index in [1.165, 1.54) is 25.5 Å². The van der Waals surface area contributed by atoms with Gasteiger partial charge in [0.05, 0.1) is 0 Å². The van der Waals surface area contributed by atoms with Gasteiger partial charge in [-0.25, -0.2) is 11.3 Å². The van der Waals surface area contributed by atoms with E-state index in [4.69, 9.17) is 0 Å². The maximum Gasteiger partial charge on any atom is -0.0114 e. The summed E-state index contributed by atoms with van der Waals surface area (Å²) >= 11 is 1.55. The third kappa shape index (κ3) is 8.46. The molecule has 2 aromatic rings. The second-order valence-corrected chi connectivity index (χ2v) is 15.4. The molecule has 0 amide bonds. The van der Waals surface area contributed by atoms with Crippen molar-refractivity contribution in [2.75, 3.05) is 0 Å². The van der Waals surface area contributed by atoms with Gasteiger partial charge in [0, 0.05) is 0 Å². The summed E-state index contributed by atoms with van der Waals surface area (Å²) in [7, 11) is -0.981. The van der Waals surface area contributed by atoms with Crippen molar-refractivity contribution in [1.82, 2.24) is 0 Å². The predicted octanol–water partition coefficient (Wildman–Crippen LogP) is 0.365. The van der Waals surface area contributed by atoms with Gasteiger partial charge in [0.15, 0.2) is 0 Å². The van der Waals surface area contributed by atoms with E-state index >= 15 is 0 Å². The van der Waals surface area contributed by atoms with E-state index < -0.39 is 8.07 Å². The van der Waals surface area contributed by atoms with Gasteiger partial charge >= 0.3 is 41.3 Å². The van der Waals surface area contributed by atoms with Crippen LogP contribution < -0.4 is 24.8 Å². The number of hydrogen-bond donors (Lipinski definition) is 0. The van der Waals surface area contributed by atoms with Gasteiger partial charge in [-0.3, -0.25) is 6.08 Å². The van der Waals surface area contributed by atoms with E-state index in [2.05, 4.69) is 94.2 Å². The average Bonchev–Trinajstić information content (AvgIpc) is 3.22. The Morgan fingerprint density at radius 3 is 2.11 bits per heavy atom. The molecule has 0 nitrogen and oxygen atoms in total. The first-order chi connectivity index (χ1) is 12.3. The Morgan fingerprint density at radius 1 is 0.964 bits per heavy atom. The minimum Gasteiger partial charge on any atom is -1.00 e. The molecule has 0 fully saturated rings. The normalized spacial score (nSPS) is 12.6. The van der Waals surface area contributed by atoms with Gasteiger partial charge in [-0.05, 0) is 14.5 Å². The van der Waals surface area contributed by atoms with Crippen molar-refractivity contribution in [1.29, 1.82) is 0 Å². The molecule has 0 saturated carbocycles. The van der Waals surface area contributed by atoms with Crippen molar-refractivity contribution < 1.29 is 49.0 Å². The van der Waals surface area contributed by atoms with E-state index in [1.807, 2.05) is 6.07 Å². The van der Waals surface area contributed by atoms with Gasteiger partial charge in [-0.2, -0.15) is 35.9 Å². The van der Waals surface area contributed by atoms with Crippen molar-refractivity contribution in [2.24, 2.45) is 0 Å². The molecule has 4 rings (SSSR count). The predicted molar refractivity (Wildman–Crippen MR) is 114 cm³/mol. The van der Waals surface area contributed by atoms with Gasteiger partial charge in [0.2, 0.25) is 0 Å². The Bertz CT molecular complexity index is 785. The maximum atomic E-state index is 3.30. The zero-order chi connectivity index (χ0) is 19.2. The molecule has 2 aliphatic carbocycles. The topological polar surface area (TPSA) is 0 Å². The summed E-state index contributed by atoms with van der Waals surface area (Å²) in [5.74, 6) is 0. The zero-order valence-electron chi connectivity index (χ0n) is 17.4. The van der Waals surface area contributed by atoms with Crippen molar-refractivity contribution >= 4 is 11.3 Å². The quantitative estimate of drug-likeness (QED) is 0.331. The molecule has 28 heavy (non-hydrogen) atoms. The van der Waals surface area contributed by atoms with Crippen LogP contribution in [0.4, 0.5) is 0 Å². The summed E-state index contributed by atoms with van der Waals surface area (Å²) in [5.41, 5.74) is 5.51. The number of rotatable bonds is 1. The Balaban J connectivity index is 0.000000432. The van der Waals surface area contributed by atoms with E-state index in [0.29, 0.717) is 0 Å². The first-order valence-electron chi connectivity index (χ1n) is 9.16. The number of hydrogen-bond acceptors (Lipinski definition) is 0. The Hall–Kier alpha value is -0.530. The van der Waals surface area contributed by atoms with Gasteiger partial charge in [0.1, 0.15) is 0 Å². The molecule has 0 spiro atoms. The second kappa shape index (κ2) is 12.9. The van der Waals surface area contributed by atoms with Crippen LogP contribution in [-0.2, 0) is 30.7 Å². The van der Waals surface area contributed by atoms with Crippen LogP contribution in [0.15, 0.2) is 59.8 Å². The fourth-order valence-corrected chi connectivity index (χ4v) is 4.17. The number of allylic oxidation sites excluding steroid dienone is 4. The van der Waals surface area contributed by atoms with E-state index in [9.17, 15) is 0 Å². The molecule has 0 radical (unpaired) electrons. The second-order valence-electron chi connectivity index (χ2n) is 7.86. The van der Waals surface area contributed by atoms with Crippen molar-refractivity contribution in [3.05, 3.63) is 83.1 Å². The van der Waals surface area contributed by atoms with Gasteiger partial charge in [0.25, 0.3) is 0 Å². The van der Waals surface area contributed by atoms with Crippen molar-refractivity contribution in [2.45, 2.75) is 46.3 Å². The SMILES string of the molecule is C[C](C)=[Zr+2].C[Si](C)(C)C1=CC[C-]=C1.[Cl-].[Cl-].[c-]1cccc2c1Cc1ccccc1-2. The molecule has 0 atom stereocenters. The van der Waals surface area contributed by atoms with Crippen molar-refractivity contribution in [3.63, 3.8) is 0 Å². The molecule has 0 unspecified atom stereocenters. The van der Waals surface area contributed by atoms with Crippen molar-refractivity contribution in [3.8, 4) is 11.1 Å². The van der Waals surface area contributed by atoms with Crippen LogP contribution >= 0.6 is 0 Å². The third-order valence-electron chi connectivity index (χ3n) is 4.18. The minimum atomic E-state index is -0.981. The molecule has 0 bridgehead atoms. The summed E-state index contributed by atoms with van der Waals surface area (Å²) in [6, 6.07) is 18.1. The summed E-state index contributed by atoms with van der Waals surface area (Å²) in [5, 5.41) is 1.56. The van der Waals surface area contributed by atoms with Crippen LogP contribution in [0.5, 0.6) is 0 Å². The molecule has 2 aliphatic rings. The number of halogens is 2. The van der Waals surface area contributed by atoms with Crippen LogP contribution in [0.25, 0.3) is 11.1 Å².